The number of amides is 1. The van der Waals surface area contributed by atoms with Crippen LogP contribution in [-0.4, -0.2) is 39.8 Å². The summed E-state index contributed by atoms with van der Waals surface area (Å²) in [5.41, 5.74) is 1.44. The molecule has 0 unspecified atom stereocenters. The average molecular weight is 306 g/mol. The van der Waals surface area contributed by atoms with Crippen molar-refractivity contribution in [2.75, 3.05) is 6.54 Å². The lowest BCUT2D eigenvalue weighted by molar-refractivity contribution is 0.0210. The van der Waals surface area contributed by atoms with Crippen molar-refractivity contribution in [2.45, 2.75) is 71.4 Å². The minimum absolute atomic E-state index is 0.0381. The van der Waals surface area contributed by atoms with E-state index in [1.54, 1.807) is 0 Å². The Morgan fingerprint density at radius 3 is 2.86 bits per heavy atom. The van der Waals surface area contributed by atoms with E-state index in [0.717, 1.165) is 37.9 Å². The average Bonchev–Trinajstić information content (AvgIpc) is 2.97. The molecule has 2 fully saturated rings. The molecule has 0 bridgehead atoms. The molecule has 1 saturated heterocycles. The van der Waals surface area contributed by atoms with E-state index in [9.17, 15) is 9.90 Å². The van der Waals surface area contributed by atoms with Gasteiger partial charge in [0.1, 0.15) is 11.3 Å². The first-order valence-electron chi connectivity index (χ1n) is 8.28. The number of carbonyl (C=O) groups excluding carboxylic acids is 1. The summed E-state index contributed by atoms with van der Waals surface area (Å²) in [4.78, 5) is 15.1. The number of aromatic nitrogens is 1. The summed E-state index contributed by atoms with van der Waals surface area (Å²) in [6.45, 7) is 8.83. The van der Waals surface area contributed by atoms with Crippen LogP contribution in [0.4, 0.5) is 0 Å². The van der Waals surface area contributed by atoms with E-state index in [0.29, 0.717) is 11.3 Å². The van der Waals surface area contributed by atoms with Gasteiger partial charge < -0.3 is 14.5 Å². The van der Waals surface area contributed by atoms with Crippen molar-refractivity contribution in [3.05, 3.63) is 17.0 Å². The Labute approximate surface area is 131 Å². The molecular weight excluding hydrogens is 280 g/mol. The van der Waals surface area contributed by atoms with Gasteiger partial charge in [0.05, 0.1) is 11.8 Å². The Hall–Kier alpha value is -1.36. The second kappa shape index (κ2) is 5.37. The Morgan fingerprint density at radius 1 is 1.45 bits per heavy atom. The molecule has 0 spiro atoms. The second-order valence-electron chi connectivity index (χ2n) is 7.51. The molecule has 3 atom stereocenters. The largest absolute Gasteiger partial charge is 0.393 e. The zero-order valence-corrected chi connectivity index (χ0v) is 13.9. The van der Waals surface area contributed by atoms with Gasteiger partial charge >= 0.3 is 0 Å². The minimum Gasteiger partial charge on any atom is -0.393 e. The van der Waals surface area contributed by atoms with Crippen LogP contribution in [-0.2, 0) is 0 Å². The fourth-order valence-corrected chi connectivity index (χ4v) is 4.24. The van der Waals surface area contributed by atoms with Gasteiger partial charge in [-0.1, -0.05) is 25.9 Å². The number of carbonyl (C=O) groups is 1. The van der Waals surface area contributed by atoms with Crippen molar-refractivity contribution >= 4 is 5.91 Å². The molecule has 1 N–H and O–H groups in total. The van der Waals surface area contributed by atoms with Gasteiger partial charge in [0.15, 0.2) is 0 Å². The number of aryl methyl sites for hydroxylation is 1. The minimum atomic E-state index is -0.222. The number of hydrogen-bond acceptors (Lipinski definition) is 4. The molecule has 2 aliphatic rings. The Morgan fingerprint density at radius 2 is 2.18 bits per heavy atom. The Bertz CT molecular complexity index is 580. The van der Waals surface area contributed by atoms with Crippen molar-refractivity contribution in [3.8, 4) is 0 Å². The van der Waals surface area contributed by atoms with E-state index < -0.39 is 0 Å². The Kier molecular flexibility index (Phi) is 3.79. The number of likely N-dealkylation sites (tertiary alicyclic amines) is 1. The summed E-state index contributed by atoms with van der Waals surface area (Å²) < 4.78 is 5.28. The molecule has 1 aliphatic carbocycles. The zero-order valence-electron chi connectivity index (χ0n) is 13.9. The van der Waals surface area contributed by atoms with Crippen LogP contribution in [0.2, 0.25) is 0 Å². The van der Waals surface area contributed by atoms with Gasteiger partial charge in [-0.25, -0.2) is 0 Å². The van der Waals surface area contributed by atoms with Gasteiger partial charge in [-0.15, -0.1) is 0 Å². The van der Waals surface area contributed by atoms with Gasteiger partial charge in [-0.3, -0.25) is 4.79 Å². The molecule has 1 saturated carbocycles. The van der Waals surface area contributed by atoms with E-state index in [1.807, 2.05) is 25.7 Å². The molecule has 1 amide bonds. The highest BCUT2D eigenvalue weighted by atomic mass is 16.5. The predicted molar refractivity (Wildman–Crippen MR) is 82.7 cm³/mol. The number of hydrogen-bond donors (Lipinski definition) is 1. The molecule has 0 aromatic carbocycles. The molecular formula is C17H26N2O3. The summed E-state index contributed by atoms with van der Waals surface area (Å²) in [5.74, 6) is 0.823. The van der Waals surface area contributed by atoms with Gasteiger partial charge in [0.2, 0.25) is 0 Å². The number of fused-ring (bicyclic) bond motifs is 1. The highest BCUT2D eigenvalue weighted by Crippen LogP contribution is 2.47. The smallest absolute Gasteiger partial charge is 0.259 e. The third-order valence-corrected chi connectivity index (χ3v) is 5.49. The summed E-state index contributed by atoms with van der Waals surface area (Å²) >= 11 is 0. The van der Waals surface area contributed by atoms with Crippen LogP contribution in [0.15, 0.2) is 4.52 Å². The van der Waals surface area contributed by atoms with E-state index in [1.165, 1.54) is 0 Å². The lowest BCUT2D eigenvalue weighted by atomic mass is 9.71. The van der Waals surface area contributed by atoms with Crippen molar-refractivity contribution in [3.63, 3.8) is 0 Å². The normalized spacial score (nSPS) is 31.6. The van der Waals surface area contributed by atoms with E-state index in [2.05, 4.69) is 12.1 Å². The first kappa shape index (κ1) is 15.5. The third-order valence-electron chi connectivity index (χ3n) is 5.49. The first-order chi connectivity index (χ1) is 10.3. The summed E-state index contributed by atoms with van der Waals surface area (Å²) in [7, 11) is 0. The van der Waals surface area contributed by atoms with Gasteiger partial charge in [0, 0.05) is 12.6 Å². The molecule has 1 aromatic rings. The molecule has 3 rings (SSSR count). The summed E-state index contributed by atoms with van der Waals surface area (Å²) in [5, 5.41) is 14.0. The maximum atomic E-state index is 13.1. The van der Waals surface area contributed by atoms with Crippen molar-refractivity contribution < 1.29 is 14.4 Å². The fraction of sp³-hybridized carbons (Fsp3) is 0.765. The summed E-state index contributed by atoms with van der Waals surface area (Å²) in [6, 6.07) is 0.220. The van der Waals surface area contributed by atoms with E-state index in [4.69, 9.17) is 4.52 Å². The predicted octanol–water partition coefficient (Wildman–Crippen LogP) is 2.87. The number of aliphatic hydroxyl groups is 1. The van der Waals surface area contributed by atoms with Crippen LogP contribution in [0, 0.1) is 12.3 Å². The van der Waals surface area contributed by atoms with Crippen molar-refractivity contribution in [2.24, 2.45) is 5.41 Å². The van der Waals surface area contributed by atoms with Crippen LogP contribution < -0.4 is 0 Å². The monoisotopic (exact) mass is 306 g/mol. The number of rotatable bonds is 2. The van der Waals surface area contributed by atoms with Crippen molar-refractivity contribution in [1.29, 1.82) is 0 Å². The molecule has 122 valence electrons. The van der Waals surface area contributed by atoms with Gasteiger partial charge in [-0.05, 0) is 43.9 Å². The molecule has 1 aromatic heterocycles. The highest BCUT2D eigenvalue weighted by Gasteiger charge is 2.49. The topological polar surface area (TPSA) is 66.6 Å². The standard InChI is InChI=1S/C17H26N2O3/c1-10(2)15-14(11(3)22-18-15)16(21)19-8-7-17(4)9-12(20)5-6-13(17)19/h10,12-13,20H,5-9H2,1-4H3/t12-,13-,17+/m1/s1. The van der Waals surface area contributed by atoms with E-state index >= 15 is 0 Å². The number of nitrogens with zero attached hydrogens (tertiary/aromatic N) is 2. The maximum Gasteiger partial charge on any atom is 0.259 e. The molecule has 5 nitrogen and oxygen atoms in total. The van der Waals surface area contributed by atoms with Crippen molar-refractivity contribution in [1.82, 2.24) is 10.1 Å². The number of aliphatic hydroxyl groups excluding tert-OH is 1. The quantitative estimate of drug-likeness (QED) is 0.912. The molecule has 0 radical (unpaired) electrons. The highest BCUT2D eigenvalue weighted by molar-refractivity contribution is 5.96. The van der Waals surface area contributed by atoms with Crippen LogP contribution in [0.3, 0.4) is 0 Å². The lowest BCUT2D eigenvalue weighted by Crippen LogP contribution is -2.46. The SMILES string of the molecule is Cc1onc(C(C)C)c1C(=O)N1CC[C@@]2(C)C[C@H](O)CC[C@@H]12. The summed E-state index contributed by atoms with van der Waals surface area (Å²) in [6.07, 6.45) is 3.19. The van der Waals surface area contributed by atoms with Crippen LogP contribution in [0.5, 0.6) is 0 Å². The van der Waals surface area contributed by atoms with Crippen LogP contribution in [0.25, 0.3) is 0 Å². The molecule has 22 heavy (non-hydrogen) atoms. The molecule has 1 aliphatic heterocycles. The Balaban J connectivity index is 1.89. The fourth-order valence-electron chi connectivity index (χ4n) is 4.24. The van der Waals surface area contributed by atoms with Crippen LogP contribution >= 0.6 is 0 Å². The lowest BCUT2D eigenvalue weighted by Gasteiger charge is -2.41. The van der Waals surface area contributed by atoms with E-state index in [-0.39, 0.29) is 29.4 Å². The van der Waals surface area contributed by atoms with Gasteiger partial charge in [-0.2, -0.15) is 0 Å². The molecule has 5 heteroatoms. The maximum absolute atomic E-state index is 13.1. The van der Waals surface area contributed by atoms with Gasteiger partial charge in [0.25, 0.3) is 5.91 Å². The third kappa shape index (κ3) is 2.35. The first-order valence-corrected chi connectivity index (χ1v) is 8.28. The van der Waals surface area contributed by atoms with Crippen LogP contribution in [0.1, 0.15) is 74.2 Å². The second-order valence-corrected chi connectivity index (χ2v) is 7.51. The zero-order chi connectivity index (χ0) is 16.1. The molecule has 2 heterocycles.